The Bertz CT molecular complexity index is 402. The third-order valence-corrected chi connectivity index (χ3v) is 3.88. The number of rotatable bonds is 6. The van der Waals surface area contributed by atoms with Crippen LogP contribution in [0.15, 0.2) is 0 Å². The highest BCUT2D eigenvalue weighted by Crippen LogP contribution is 2.40. The van der Waals surface area contributed by atoms with Gasteiger partial charge in [-0.3, -0.25) is 9.59 Å². The van der Waals surface area contributed by atoms with Gasteiger partial charge >= 0.3 is 12.0 Å². The minimum atomic E-state index is -0.866. The van der Waals surface area contributed by atoms with Gasteiger partial charge in [0.1, 0.15) is 0 Å². The monoisotopic (exact) mass is 285 g/mol. The number of hydrogen-bond donors (Lipinski definition) is 4. The highest BCUT2D eigenvalue weighted by molar-refractivity contribution is 5.83. The van der Waals surface area contributed by atoms with Gasteiger partial charge in [-0.25, -0.2) is 4.79 Å². The van der Waals surface area contributed by atoms with E-state index < -0.39 is 22.8 Å². The molecule has 0 aliphatic heterocycles. The van der Waals surface area contributed by atoms with Crippen LogP contribution in [-0.4, -0.2) is 43.2 Å². The van der Waals surface area contributed by atoms with Crippen LogP contribution in [0.2, 0.25) is 0 Å². The Kier molecular flexibility index (Phi) is 4.97. The summed E-state index contributed by atoms with van der Waals surface area (Å²) in [5, 5.41) is 16.8. The van der Waals surface area contributed by atoms with Gasteiger partial charge in [0.2, 0.25) is 5.91 Å². The lowest BCUT2D eigenvalue weighted by Gasteiger charge is -2.37. The maximum absolute atomic E-state index is 11.7. The summed E-state index contributed by atoms with van der Waals surface area (Å²) < 4.78 is 0. The van der Waals surface area contributed by atoms with Gasteiger partial charge in [0.15, 0.2) is 0 Å². The predicted octanol–water partition coefficient (Wildman–Crippen LogP) is 0.313. The van der Waals surface area contributed by atoms with Gasteiger partial charge in [0.25, 0.3) is 0 Å². The number of aliphatic carboxylic acids is 1. The Morgan fingerprint density at radius 1 is 1.20 bits per heavy atom. The van der Waals surface area contributed by atoms with Crippen molar-refractivity contribution >= 4 is 17.9 Å². The van der Waals surface area contributed by atoms with Crippen LogP contribution in [0.1, 0.15) is 33.1 Å². The van der Waals surface area contributed by atoms with Crippen LogP contribution >= 0.6 is 0 Å². The molecule has 0 spiro atoms. The molecule has 0 unspecified atom stereocenters. The van der Waals surface area contributed by atoms with Crippen LogP contribution < -0.4 is 16.0 Å². The molecule has 0 heterocycles. The Hall–Kier alpha value is -1.79. The average Bonchev–Trinajstić information content (AvgIpc) is 2.33. The second-order valence-corrected chi connectivity index (χ2v) is 5.94. The Morgan fingerprint density at radius 3 is 2.20 bits per heavy atom. The summed E-state index contributed by atoms with van der Waals surface area (Å²) in [7, 11) is 1.54. The molecule has 1 saturated carbocycles. The Labute approximate surface area is 118 Å². The molecule has 0 aromatic carbocycles. The number of carboxylic acids is 1. The standard InChI is InChI=1S/C13H23N3O4/c1-12(2,9(17)14-3)7-15-11(20)16-8-13(10(18)19)5-4-6-13/h4-8H2,1-3H3,(H,14,17)(H,18,19)(H2,15,16,20). The van der Waals surface area contributed by atoms with Crippen LogP contribution in [0.5, 0.6) is 0 Å². The minimum Gasteiger partial charge on any atom is -0.481 e. The highest BCUT2D eigenvalue weighted by Gasteiger charge is 2.44. The van der Waals surface area contributed by atoms with Crippen LogP contribution in [-0.2, 0) is 9.59 Å². The lowest BCUT2D eigenvalue weighted by atomic mass is 9.69. The zero-order valence-corrected chi connectivity index (χ0v) is 12.2. The number of nitrogens with one attached hydrogen (secondary N) is 3. The topological polar surface area (TPSA) is 108 Å². The molecule has 7 nitrogen and oxygen atoms in total. The van der Waals surface area contributed by atoms with Crippen molar-refractivity contribution in [2.45, 2.75) is 33.1 Å². The normalized spacial score (nSPS) is 16.8. The van der Waals surface area contributed by atoms with Gasteiger partial charge in [-0.05, 0) is 26.7 Å². The molecule has 1 fully saturated rings. The summed E-state index contributed by atoms with van der Waals surface area (Å²) >= 11 is 0. The smallest absolute Gasteiger partial charge is 0.314 e. The molecule has 3 amide bonds. The molecule has 114 valence electrons. The molecule has 1 aliphatic carbocycles. The first-order valence-corrected chi connectivity index (χ1v) is 6.71. The van der Waals surface area contributed by atoms with E-state index in [2.05, 4.69) is 16.0 Å². The molecule has 0 aromatic heterocycles. The van der Waals surface area contributed by atoms with Crippen molar-refractivity contribution in [1.29, 1.82) is 0 Å². The van der Waals surface area contributed by atoms with Crippen molar-refractivity contribution in [2.24, 2.45) is 10.8 Å². The van der Waals surface area contributed by atoms with Crippen LogP contribution in [0.25, 0.3) is 0 Å². The minimum absolute atomic E-state index is 0.120. The van der Waals surface area contributed by atoms with Gasteiger partial charge in [-0.2, -0.15) is 0 Å². The molecule has 0 bridgehead atoms. The molecule has 4 N–H and O–H groups in total. The Balaban J connectivity index is 2.38. The molecule has 0 radical (unpaired) electrons. The van der Waals surface area contributed by atoms with Crippen molar-refractivity contribution in [3.8, 4) is 0 Å². The highest BCUT2D eigenvalue weighted by atomic mass is 16.4. The summed E-state index contributed by atoms with van der Waals surface area (Å²) in [6.45, 7) is 3.74. The van der Waals surface area contributed by atoms with Gasteiger partial charge < -0.3 is 21.1 Å². The molecular weight excluding hydrogens is 262 g/mol. The van der Waals surface area contributed by atoms with E-state index in [1.165, 1.54) is 7.05 Å². The van der Waals surface area contributed by atoms with E-state index >= 15 is 0 Å². The van der Waals surface area contributed by atoms with Crippen molar-refractivity contribution < 1.29 is 19.5 Å². The fourth-order valence-corrected chi connectivity index (χ4v) is 2.10. The van der Waals surface area contributed by atoms with E-state index in [9.17, 15) is 14.4 Å². The van der Waals surface area contributed by atoms with E-state index in [1.807, 2.05) is 0 Å². The second-order valence-electron chi connectivity index (χ2n) is 5.94. The number of urea groups is 1. The molecule has 0 aromatic rings. The summed E-state index contributed by atoms with van der Waals surface area (Å²) in [4.78, 5) is 34.3. The molecule has 7 heteroatoms. The third kappa shape index (κ3) is 3.61. The quantitative estimate of drug-likeness (QED) is 0.563. The molecular formula is C13H23N3O4. The van der Waals surface area contributed by atoms with Crippen LogP contribution in [0.4, 0.5) is 4.79 Å². The maximum Gasteiger partial charge on any atom is 0.314 e. The largest absolute Gasteiger partial charge is 0.481 e. The molecule has 1 aliphatic rings. The average molecular weight is 285 g/mol. The molecule has 0 atom stereocenters. The van der Waals surface area contributed by atoms with E-state index in [4.69, 9.17) is 5.11 Å². The van der Waals surface area contributed by atoms with Crippen molar-refractivity contribution in [1.82, 2.24) is 16.0 Å². The summed E-state index contributed by atoms with van der Waals surface area (Å²) in [6.07, 6.45) is 2.05. The van der Waals surface area contributed by atoms with E-state index in [0.717, 1.165) is 6.42 Å². The second kappa shape index (κ2) is 6.11. The van der Waals surface area contributed by atoms with Gasteiger partial charge in [-0.15, -0.1) is 0 Å². The van der Waals surface area contributed by atoms with E-state index in [1.54, 1.807) is 13.8 Å². The Morgan fingerprint density at radius 2 is 1.80 bits per heavy atom. The molecule has 20 heavy (non-hydrogen) atoms. The van der Waals surface area contributed by atoms with Gasteiger partial charge in [-0.1, -0.05) is 6.42 Å². The SMILES string of the molecule is CNC(=O)C(C)(C)CNC(=O)NCC1(C(=O)O)CCC1. The summed E-state index contributed by atoms with van der Waals surface area (Å²) in [5.41, 5.74) is -1.53. The first kappa shape index (κ1) is 16.3. The summed E-state index contributed by atoms with van der Waals surface area (Å²) in [5.74, 6) is -1.03. The van der Waals surface area contributed by atoms with Crippen molar-refractivity contribution in [2.75, 3.05) is 20.1 Å². The van der Waals surface area contributed by atoms with Gasteiger partial charge in [0.05, 0.1) is 10.8 Å². The first-order valence-electron chi connectivity index (χ1n) is 6.71. The van der Waals surface area contributed by atoms with Gasteiger partial charge in [0, 0.05) is 20.1 Å². The zero-order chi connectivity index (χ0) is 15.4. The fourth-order valence-electron chi connectivity index (χ4n) is 2.10. The fraction of sp³-hybridized carbons (Fsp3) is 0.769. The number of carboxylic acid groups (broad SMARTS) is 1. The number of hydrogen-bond acceptors (Lipinski definition) is 3. The molecule has 1 rings (SSSR count). The number of amides is 3. The lowest BCUT2D eigenvalue weighted by molar-refractivity contribution is -0.153. The maximum atomic E-state index is 11.7. The zero-order valence-electron chi connectivity index (χ0n) is 12.2. The molecule has 0 saturated heterocycles. The van der Waals surface area contributed by atoms with Crippen LogP contribution in [0, 0.1) is 10.8 Å². The van der Waals surface area contributed by atoms with Crippen LogP contribution in [0.3, 0.4) is 0 Å². The van der Waals surface area contributed by atoms with Crippen molar-refractivity contribution in [3.63, 3.8) is 0 Å². The predicted molar refractivity (Wildman–Crippen MR) is 73.2 cm³/mol. The van der Waals surface area contributed by atoms with E-state index in [-0.39, 0.29) is 19.0 Å². The lowest BCUT2D eigenvalue weighted by Crippen LogP contribution is -2.51. The third-order valence-electron chi connectivity index (χ3n) is 3.88. The van der Waals surface area contributed by atoms with Crippen molar-refractivity contribution in [3.05, 3.63) is 0 Å². The number of carbonyl (C=O) groups excluding carboxylic acids is 2. The first-order chi connectivity index (χ1) is 9.23. The number of carbonyl (C=O) groups is 3. The van der Waals surface area contributed by atoms with E-state index in [0.29, 0.717) is 12.8 Å². The summed E-state index contributed by atoms with van der Waals surface area (Å²) in [6, 6.07) is -0.450.